The molecule has 0 fully saturated rings. The topological polar surface area (TPSA) is 84.9 Å². The minimum atomic E-state index is -0.205. The molecule has 4 aromatic rings. The van der Waals surface area contributed by atoms with E-state index in [9.17, 15) is 4.79 Å². The Morgan fingerprint density at radius 1 is 1.00 bits per heavy atom. The zero-order valence-electron chi connectivity index (χ0n) is 13.7. The summed E-state index contributed by atoms with van der Waals surface area (Å²) in [6.45, 7) is 0. The number of H-pyrrole nitrogens is 2. The Bertz CT molecular complexity index is 1070. The summed E-state index contributed by atoms with van der Waals surface area (Å²) >= 11 is 0. The molecule has 0 aliphatic rings. The molecule has 25 heavy (non-hydrogen) atoms. The molecule has 2 heterocycles. The quantitative estimate of drug-likeness (QED) is 0.600. The number of nitrogens with one attached hydrogen (secondary N) is 2. The number of imidazole rings is 1. The molecule has 0 radical (unpaired) electrons. The molecular weight excluding hydrogens is 320 g/mol. The van der Waals surface area contributed by atoms with Crippen molar-refractivity contribution in [1.29, 1.82) is 0 Å². The summed E-state index contributed by atoms with van der Waals surface area (Å²) in [5.74, 6) is 1.67. The number of fused-ring (bicyclic) bond motifs is 1. The molecule has 2 aromatic carbocycles. The lowest BCUT2D eigenvalue weighted by atomic mass is 10.1. The number of ether oxygens (including phenoxy) is 2. The zero-order valence-corrected chi connectivity index (χ0v) is 13.7. The molecule has 0 unspecified atom stereocenters. The van der Waals surface area contributed by atoms with Crippen molar-refractivity contribution in [3.63, 3.8) is 0 Å². The van der Waals surface area contributed by atoms with Gasteiger partial charge in [-0.2, -0.15) is 4.68 Å². The van der Waals surface area contributed by atoms with Crippen LogP contribution in [0.5, 0.6) is 11.5 Å². The van der Waals surface area contributed by atoms with Crippen LogP contribution in [0, 0.1) is 0 Å². The molecule has 7 heteroatoms. The normalized spacial score (nSPS) is 11.0. The lowest BCUT2D eigenvalue weighted by Crippen LogP contribution is -2.14. The second-order valence-corrected chi connectivity index (χ2v) is 5.49. The highest BCUT2D eigenvalue weighted by atomic mass is 16.5. The number of nitrogens with zero attached hydrogens (tertiary/aromatic N) is 2. The Morgan fingerprint density at radius 3 is 2.56 bits per heavy atom. The van der Waals surface area contributed by atoms with Crippen molar-refractivity contribution in [1.82, 2.24) is 19.7 Å². The lowest BCUT2D eigenvalue weighted by molar-refractivity contribution is 0.355. The first-order valence-electron chi connectivity index (χ1n) is 7.69. The van der Waals surface area contributed by atoms with Crippen LogP contribution in [-0.4, -0.2) is 34.0 Å². The number of methoxy groups -OCH3 is 2. The van der Waals surface area contributed by atoms with Gasteiger partial charge in [-0.3, -0.25) is 9.89 Å². The fraction of sp³-hybridized carbons (Fsp3) is 0.111. The number of para-hydroxylation sites is 2. The maximum absolute atomic E-state index is 12.4. The van der Waals surface area contributed by atoms with Gasteiger partial charge in [0.1, 0.15) is 0 Å². The van der Waals surface area contributed by atoms with Crippen LogP contribution in [0.25, 0.3) is 28.2 Å². The van der Waals surface area contributed by atoms with Gasteiger partial charge in [0.25, 0.3) is 5.56 Å². The molecule has 7 nitrogen and oxygen atoms in total. The Kier molecular flexibility index (Phi) is 3.53. The van der Waals surface area contributed by atoms with E-state index in [0.29, 0.717) is 23.1 Å². The van der Waals surface area contributed by atoms with Crippen molar-refractivity contribution in [3.8, 4) is 28.7 Å². The van der Waals surface area contributed by atoms with Gasteiger partial charge in [-0.1, -0.05) is 12.1 Å². The number of rotatable bonds is 4. The number of benzene rings is 2. The van der Waals surface area contributed by atoms with Gasteiger partial charge in [0.15, 0.2) is 11.5 Å². The SMILES string of the molecule is COc1ccc(-c2cc(=O)n(-c3nc4ccccc4[nH]3)[nH]2)cc1OC. The molecule has 0 bridgehead atoms. The van der Waals surface area contributed by atoms with Gasteiger partial charge in [-0.15, -0.1) is 0 Å². The molecule has 0 saturated carbocycles. The Morgan fingerprint density at radius 2 is 1.80 bits per heavy atom. The molecule has 0 aliphatic carbocycles. The second kappa shape index (κ2) is 5.86. The standard InChI is InChI=1S/C18H16N4O3/c1-24-15-8-7-11(9-16(15)25-2)14-10-17(23)22(21-14)18-19-12-5-3-4-6-13(12)20-18/h3-10,21H,1-2H3,(H,19,20). The fourth-order valence-electron chi connectivity index (χ4n) is 2.75. The predicted molar refractivity (Wildman–Crippen MR) is 94.6 cm³/mol. The summed E-state index contributed by atoms with van der Waals surface area (Å²) in [7, 11) is 3.15. The van der Waals surface area contributed by atoms with Crippen LogP contribution >= 0.6 is 0 Å². The first-order chi connectivity index (χ1) is 12.2. The molecular formula is C18H16N4O3. The largest absolute Gasteiger partial charge is 0.493 e. The molecule has 4 rings (SSSR count). The molecule has 0 spiro atoms. The third kappa shape index (κ3) is 2.55. The molecule has 2 aromatic heterocycles. The number of aromatic nitrogens is 4. The third-order valence-corrected chi connectivity index (χ3v) is 4.00. The highest BCUT2D eigenvalue weighted by molar-refractivity contribution is 5.76. The Hall–Kier alpha value is -3.48. The van der Waals surface area contributed by atoms with Gasteiger partial charge in [-0.05, 0) is 30.3 Å². The Balaban J connectivity index is 1.79. The van der Waals surface area contributed by atoms with Crippen molar-refractivity contribution < 1.29 is 9.47 Å². The van der Waals surface area contributed by atoms with E-state index in [1.165, 1.54) is 10.7 Å². The maximum atomic E-state index is 12.4. The van der Waals surface area contributed by atoms with Crippen LogP contribution in [0.1, 0.15) is 0 Å². The van der Waals surface area contributed by atoms with Gasteiger partial charge < -0.3 is 14.5 Å². The van der Waals surface area contributed by atoms with Crippen LogP contribution in [0.3, 0.4) is 0 Å². The van der Waals surface area contributed by atoms with E-state index in [1.807, 2.05) is 36.4 Å². The van der Waals surface area contributed by atoms with Crippen LogP contribution in [-0.2, 0) is 0 Å². The van der Waals surface area contributed by atoms with Gasteiger partial charge in [0.2, 0.25) is 5.95 Å². The van der Waals surface area contributed by atoms with Gasteiger partial charge in [0.05, 0.1) is 30.9 Å². The molecule has 0 atom stereocenters. The minimum Gasteiger partial charge on any atom is -0.493 e. The minimum absolute atomic E-state index is 0.205. The highest BCUT2D eigenvalue weighted by Gasteiger charge is 2.12. The molecule has 0 saturated heterocycles. The molecule has 2 N–H and O–H groups in total. The zero-order chi connectivity index (χ0) is 17.4. The van der Waals surface area contributed by atoms with E-state index in [0.717, 1.165) is 16.6 Å². The van der Waals surface area contributed by atoms with Crippen molar-refractivity contribution in [3.05, 3.63) is 58.9 Å². The van der Waals surface area contributed by atoms with E-state index in [4.69, 9.17) is 9.47 Å². The monoisotopic (exact) mass is 336 g/mol. The van der Waals surface area contributed by atoms with E-state index in [-0.39, 0.29) is 5.56 Å². The van der Waals surface area contributed by atoms with E-state index >= 15 is 0 Å². The summed E-state index contributed by atoms with van der Waals surface area (Å²) < 4.78 is 11.9. The van der Waals surface area contributed by atoms with Gasteiger partial charge >= 0.3 is 0 Å². The summed E-state index contributed by atoms with van der Waals surface area (Å²) in [4.78, 5) is 20.0. The average Bonchev–Trinajstić information content (AvgIpc) is 3.24. The lowest BCUT2D eigenvalue weighted by Gasteiger charge is -2.08. The first kappa shape index (κ1) is 15.1. The molecule has 126 valence electrons. The maximum Gasteiger partial charge on any atom is 0.274 e. The van der Waals surface area contributed by atoms with E-state index in [2.05, 4.69) is 15.1 Å². The summed E-state index contributed by atoms with van der Waals surface area (Å²) in [5.41, 5.74) is 2.93. The predicted octanol–water partition coefficient (Wildman–Crippen LogP) is 2.73. The average molecular weight is 336 g/mol. The first-order valence-corrected chi connectivity index (χ1v) is 7.69. The summed E-state index contributed by atoms with van der Waals surface area (Å²) in [6.07, 6.45) is 0. The summed E-state index contributed by atoms with van der Waals surface area (Å²) in [5, 5.41) is 3.08. The van der Waals surface area contributed by atoms with Gasteiger partial charge in [-0.25, -0.2) is 4.98 Å². The smallest absolute Gasteiger partial charge is 0.274 e. The fourth-order valence-corrected chi connectivity index (χ4v) is 2.75. The third-order valence-electron chi connectivity index (χ3n) is 4.00. The van der Waals surface area contributed by atoms with Crippen LogP contribution < -0.4 is 15.0 Å². The Labute approximate surface area is 142 Å². The highest BCUT2D eigenvalue weighted by Crippen LogP contribution is 2.31. The van der Waals surface area contributed by atoms with Crippen molar-refractivity contribution >= 4 is 11.0 Å². The second-order valence-electron chi connectivity index (χ2n) is 5.49. The van der Waals surface area contributed by atoms with Crippen molar-refractivity contribution in [2.45, 2.75) is 0 Å². The van der Waals surface area contributed by atoms with Crippen molar-refractivity contribution in [2.75, 3.05) is 14.2 Å². The number of aromatic amines is 2. The van der Waals surface area contributed by atoms with Crippen LogP contribution in [0.2, 0.25) is 0 Å². The van der Waals surface area contributed by atoms with Crippen molar-refractivity contribution in [2.24, 2.45) is 0 Å². The van der Waals surface area contributed by atoms with Gasteiger partial charge in [0, 0.05) is 11.6 Å². The molecule has 0 aliphatic heterocycles. The van der Waals surface area contributed by atoms with Crippen LogP contribution in [0.15, 0.2) is 53.3 Å². The summed E-state index contributed by atoms with van der Waals surface area (Å²) in [6, 6.07) is 14.6. The van der Waals surface area contributed by atoms with E-state index in [1.54, 1.807) is 20.3 Å². The van der Waals surface area contributed by atoms with Crippen LogP contribution in [0.4, 0.5) is 0 Å². The number of hydrogen-bond acceptors (Lipinski definition) is 4. The number of hydrogen-bond donors (Lipinski definition) is 2. The molecule has 0 amide bonds. The van der Waals surface area contributed by atoms with E-state index < -0.39 is 0 Å².